The first-order valence-electron chi connectivity index (χ1n) is 6.50. The van der Waals surface area contributed by atoms with Gasteiger partial charge in [-0.05, 0) is 30.9 Å². The number of hydrogen-bond acceptors (Lipinski definition) is 4. The second kappa shape index (κ2) is 6.11. The van der Waals surface area contributed by atoms with Crippen molar-refractivity contribution >= 4 is 27.4 Å². The largest absolute Gasteiger partial charge is 0.333 e. The molecule has 20 heavy (non-hydrogen) atoms. The Hall–Kier alpha value is -1.12. The van der Waals surface area contributed by atoms with Crippen LogP contribution in [-0.2, 0) is 16.6 Å². The van der Waals surface area contributed by atoms with E-state index in [1.165, 1.54) is 6.07 Å². The molecule has 8 heteroatoms. The lowest BCUT2D eigenvalue weighted by molar-refractivity contribution is 0.169. The Morgan fingerprint density at radius 3 is 2.90 bits per heavy atom. The van der Waals surface area contributed by atoms with Gasteiger partial charge < -0.3 is 10.2 Å². The van der Waals surface area contributed by atoms with Crippen LogP contribution in [0.1, 0.15) is 24.6 Å². The van der Waals surface area contributed by atoms with E-state index in [2.05, 4.69) is 12.2 Å². The molecule has 6 nitrogen and oxygen atoms in total. The van der Waals surface area contributed by atoms with Gasteiger partial charge in [-0.1, -0.05) is 6.92 Å². The monoisotopic (exact) mass is 317 g/mol. The number of thiophene rings is 1. The normalized spacial score (nSPS) is 19.9. The maximum Gasteiger partial charge on any atom is 0.317 e. The summed E-state index contributed by atoms with van der Waals surface area (Å²) < 4.78 is 22.4. The smallest absolute Gasteiger partial charge is 0.317 e. The quantitative estimate of drug-likeness (QED) is 0.881. The number of nitrogens with one attached hydrogen (secondary N) is 1. The first-order valence-corrected chi connectivity index (χ1v) is 8.87. The van der Waals surface area contributed by atoms with Crippen molar-refractivity contribution in [1.82, 2.24) is 10.2 Å². The average molecular weight is 317 g/mol. The minimum Gasteiger partial charge on any atom is -0.333 e. The number of amides is 2. The number of carbonyl (C=O) groups is 1. The molecule has 1 aliphatic rings. The zero-order valence-electron chi connectivity index (χ0n) is 11.3. The Morgan fingerprint density at radius 1 is 1.55 bits per heavy atom. The molecule has 2 heterocycles. The highest BCUT2D eigenvalue weighted by molar-refractivity contribution is 7.91. The summed E-state index contributed by atoms with van der Waals surface area (Å²) in [5.74, 6) is 0.533. The van der Waals surface area contributed by atoms with Crippen LogP contribution in [0.3, 0.4) is 0 Å². The highest BCUT2D eigenvalue weighted by Gasteiger charge is 2.20. The van der Waals surface area contributed by atoms with Gasteiger partial charge in [-0.2, -0.15) is 0 Å². The summed E-state index contributed by atoms with van der Waals surface area (Å²) in [6.45, 7) is 4.02. The molecule has 1 fully saturated rings. The predicted octanol–water partition coefficient (Wildman–Crippen LogP) is 1.34. The third-order valence-electron chi connectivity index (χ3n) is 3.28. The molecule has 1 saturated heterocycles. The third-order valence-corrected chi connectivity index (χ3v) is 5.80. The Bertz CT molecular complexity index is 583. The summed E-state index contributed by atoms with van der Waals surface area (Å²) in [6, 6.07) is 3.04. The number of carbonyl (C=O) groups excluding carboxylic acids is 1. The van der Waals surface area contributed by atoms with E-state index < -0.39 is 10.0 Å². The van der Waals surface area contributed by atoms with Crippen LogP contribution in [0.5, 0.6) is 0 Å². The number of likely N-dealkylation sites (tertiary alicyclic amines) is 1. The number of rotatable bonds is 3. The fourth-order valence-electron chi connectivity index (χ4n) is 2.25. The number of urea groups is 1. The summed E-state index contributed by atoms with van der Waals surface area (Å²) in [7, 11) is -3.65. The highest BCUT2D eigenvalue weighted by atomic mass is 32.2. The first-order chi connectivity index (χ1) is 9.36. The lowest BCUT2D eigenvalue weighted by Crippen LogP contribution is -2.44. The maximum atomic E-state index is 12.0. The van der Waals surface area contributed by atoms with Crippen LogP contribution in [0.15, 0.2) is 16.3 Å². The molecule has 1 unspecified atom stereocenters. The van der Waals surface area contributed by atoms with Crippen LogP contribution in [0.25, 0.3) is 0 Å². The van der Waals surface area contributed by atoms with E-state index in [9.17, 15) is 13.2 Å². The van der Waals surface area contributed by atoms with Gasteiger partial charge in [-0.15, -0.1) is 11.3 Å². The lowest BCUT2D eigenvalue weighted by atomic mass is 10.0. The van der Waals surface area contributed by atoms with Gasteiger partial charge in [0, 0.05) is 18.0 Å². The van der Waals surface area contributed by atoms with Gasteiger partial charge in [0.1, 0.15) is 4.21 Å². The summed E-state index contributed by atoms with van der Waals surface area (Å²) in [5.41, 5.74) is 0. The zero-order chi connectivity index (χ0) is 14.8. The van der Waals surface area contributed by atoms with Crippen LogP contribution in [0.4, 0.5) is 4.79 Å². The maximum absolute atomic E-state index is 12.0. The number of primary sulfonamides is 1. The summed E-state index contributed by atoms with van der Waals surface area (Å²) in [5, 5.41) is 7.86. The number of hydrogen-bond donors (Lipinski definition) is 2. The minimum absolute atomic E-state index is 0.0953. The molecule has 0 spiro atoms. The molecule has 2 rings (SSSR count). The van der Waals surface area contributed by atoms with Gasteiger partial charge in [-0.25, -0.2) is 18.4 Å². The molecule has 112 valence electrons. The summed E-state index contributed by atoms with van der Waals surface area (Å²) in [6.07, 6.45) is 2.19. The minimum atomic E-state index is -3.65. The number of nitrogens with zero attached hydrogens (tertiary/aromatic N) is 1. The topological polar surface area (TPSA) is 92.5 Å². The third kappa shape index (κ3) is 3.94. The Morgan fingerprint density at radius 2 is 2.30 bits per heavy atom. The molecule has 1 atom stereocenters. The molecular formula is C12H19N3O3S2. The Balaban J connectivity index is 1.88. The lowest BCUT2D eigenvalue weighted by Gasteiger charge is -2.30. The molecule has 1 aliphatic heterocycles. The van der Waals surface area contributed by atoms with Crippen molar-refractivity contribution in [3.63, 3.8) is 0 Å². The van der Waals surface area contributed by atoms with E-state index in [1.807, 2.05) is 4.90 Å². The molecule has 1 aromatic rings. The highest BCUT2D eigenvalue weighted by Crippen LogP contribution is 2.20. The van der Waals surface area contributed by atoms with Crippen LogP contribution < -0.4 is 10.5 Å². The zero-order valence-corrected chi connectivity index (χ0v) is 13.0. The molecule has 0 radical (unpaired) electrons. The number of sulfonamides is 1. The predicted molar refractivity (Wildman–Crippen MR) is 77.9 cm³/mol. The van der Waals surface area contributed by atoms with Gasteiger partial charge in [0.05, 0.1) is 6.54 Å². The van der Waals surface area contributed by atoms with Crippen molar-refractivity contribution in [2.75, 3.05) is 13.1 Å². The fourth-order valence-corrected chi connectivity index (χ4v) is 3.97. The standard InChI is InChI=1S/C12H19N3O3S2/c1-9-3-2-6-15(8-9)12(16)14-7-10-4-5-11(19-10)20(13,17)18/h4-5,9H,2-3,6-8H2,1H3,(H,14,16)(H2,13,17,18). The van der Waals surface area contributed by atoms with Crippen LogP contribution >= 0.6 is 11.3 Å². The Labute approximate surface area is 123 Å². The van der Waals surface area contributed by atoms with Crippen molar-refractivity contribution in [1.29, 1.82) is 0 Å². The van der Waals surface area contributed by atoms with Gasteiger partial charge in [0.2, 0.25) is 10.0 Å². The van der Waals surface area contributed by atoms with Gasteiger partial charge in [0.15, 0.2) is 0 Å². The first kappa shape index (κ1) is 15.3. The van der Waals surface area contributed by atoms with Gasteiger partial charge >= 0.3 is 6.03 Å². The second-order valence-corrected chi connectivity index (χ2v) is 8.07. The van der Waals surface area contributed by atoms with Crippen molar-refractivity contribution < 1.29 is 13.2 Å². The van der Waals surface area contributed by atoms with Gasteiger partial charge in [-0.3, -0.25) is 0 Å². The Kier molecular flexibility index (Phi) is 4.66. The SMILES string of the molecule is CC1CCCN(C(=O)NCc2ccc(S(N)(=O)=O)s2)C1. The van der Waals surface area contributed by atoms with Crippen molar-refractivity contribution in [3.05, 3.63) is 17.0 Å². The van der Waals surface area contributed by atoms with Crippen LogP contribution in [0, 0.1) is 5.92 Å². The summed E-state index contributed by atoms with van der Waals surface area (Å²) >= 11 is 1.08. The van der Waals surface area contributed by atoms with E-state index in [-0.39, 0.29) is 10.2 Å². The molecule has 3 N–H and O–H groups in total. The van der Waals surface area contributed by atoms with E-state index in [1.54, 1.807) is 6.07 Å². The van der Waals surface area contributed by atoms with Gasteiger partial charge in [0.25, 0.3) is 0 Å². The van der Waals surface area contributed by atoms with Crippen molar-refractivity contribution in [3.8, 4) is 0 Å². The number of piperidine rings is 1. The molecule has 0 bridgehead atoms. The molecule has 0 aromatic carbocycles. The van der Waals surface area contributed by atoms with E-state index in [4.69, 9.17) is 5.14 Å². The summed E-state index contributed by atoms with van der Waals surface area (Å²) in [4.78, 5) is 14.6. The fraction of sp³-hybridized carbons (Fsp3) is 0.583. The van der Waals surface area contributed by atoms with Crippen LogP contribution in [-0.4, -0.2) is 32.4 Å². The van der Waals surface area contributed by atoms with E-state index in [0.29, 0.717) is 12.5 Å². The number of nitrogens with two attached hydrogens (primary N) is 1. The second-order valence-electron chi connectivity index (χ2n) is 5.12. The van der Waals surface area contributed by atoms with Crippen molar-refractivity contribution in [2.45, 2.75) is 30.5 Å². The van der Waals surface area contributed by atoms with Crippen LogP contribution in [0.2, 0.25) is 0 Å². The molecule has 1 aromatic heterocycles. The average Bonchev–Trinajstić information content (AvgIpc) is 2.84. The molecule has 2 amide bonds. The molecular weight excluding hydrogens is 298 g/mol. The van der Waals surface area contributed by atoms with E-state index >= 15 is 0 Å². The van der Waals surface area contributed by atoms with E-state index in [0.717, 1.165) is 42.1 Å². The molecule has 0 aliphatic carbocycles. The van der Waals surface area contributed by atoms with Crippen molar-refractivity contribution in [2.24, 2.45) is 11.1 Å². The molecule has 0 saturated carbocycles.